The molecule has 0 radical (unpaired) electrons. The van der Waals surface area contributed by atoms with Crippen LogP contribution in [0.5, 0.6) is 5.75 Å². The van der Waals surface area contributed by atoms with Gasteiger partial charge in [-0.3, -0.25) is 14.4 Å². The number of nitrogens with zero attached hydrogens (tertiary/aromatic N) is 2. The van der Waals surface area contributed by atoms with Crippen LogP contribution >= 0.6 is 0 Å². The minimum absolute atomic E-state index is 0.0330. The third kappa shape index (κ3) is 7.09. The number of benzene rings is 2. The van der Waals surface area contributed by atoms with Crippen molar-refractivity contribution in [1.82, 2.24) is 14.8 Å². The van der Waals surface area contributed by atoms with Gasteiger partial charge in [-0.2, -0.15) is 0 Å². The van der Waals surface area contributed by atoms with Gasteiger partial charge in [0.25, 0.3) is 11.8 Å². The molecule has 5 rings (SSSR count). The van der Waals surface area contributed by atoms with Crippen LogP contribution in [0.4, 0.5) is 13.6 Å². The van der Waals surface area contributed by atoms with Crippen molar-refractivity contribution < 1.29 is 51.6 Å². The van der Waals surface area contributed by atoms with Gasteiger partial charge in [-0.15, -0.1) is 0 Å². The average molecular weight is 628 g/mol. The second-order valence-electron chi connectivity index (χ2n) is 10.1. The number of hydrogen-bond donors (Lipinski definition) is 1. The first-order valence-corrected chi connectivity index (χ1v) is 13.7. The molecule has 2 atom stereocenters. The maximum absolute atomic E-state index is 14.1. The summed E-state index contributed by atoms with van der Waals surface area (Å²) in [5.74, 6) is -4.68. The lowest BCUT2D eigenvalue weighted by molar-refractivity contribution is -0.149. The fourth-order valence-corrected chi connectivity index (χ4v) is 4.77. The standard InChI is InChI=1S/C30H27F2N3O10/c1-17-13-41-23-12-34-11-21(28(38)33-10-19-7-8-20(31)9-22(19)32)26(37)27(25(34)29(39)35(17)23)44-16-45-30(40)43-15-24(36)42-14-18-5-3-2-4-6-18/h2-9,11,17,23H,10,12-16H2,1H3,(H,33,38)/t17-,23+/m0/s1. The minimum Gasteiger partial charge on any atom is -0.458 e. The summed E-state index contributed by atoms with van der Waals surface area (Å²) in [4.78, 5) is 65.3. The Morgan fingerprint density at radius 2 is 1.82 bits per heavy atom. The number of fused-ring (bicyclic) bond motifs is 2. The number of esters is 1. The molecule has 2 aliphatic rings. The summed E-state index contributed by atoms with van der Waals surface area (Å²) >= 11 is 0. The highest BCUT2D eigenvalue weighted by Crippen LogP contribution is 2.30. The predicted molar refractivity (Wildman–Crippen MR) is 148 cm³/mol. The lowest BCUT2D eigenvalue weighted by Gasteiger charge is -2.34. The van der Waals surface area contributed by atoms with Crippen LogP contribution in [0.3, 0.4) is 0 Å². The molecule has 1 fully saturated rings. The first-order valence-electron chi connectivity index (χ1n) is 13.7. The van der Waals surface area contributed by atoms with Gasteiger partial charge in [-0.05, 0) is 18.6 Å². The molecule has 0 spiro atoms. The fourth-order valence-electron chi connectivity index (χ4n) is 4.77. The Balaban J connectivity index is 1.27. The van der Waals surface area contributed by atoms with Gasteiger partial charge in [0.05, 0.1) is 19.2 Å². The van der Waals surface area contributed by atoms with E-state index in [0.717, 1.165) is 23.9 Å². The number of carbonyl (C=O) groups is 4. The average Bonchev–Trinajstić information content (AvgIpc) is 3.40. The van der Waals surface area contributed by atoms with E-state index in [-0.39, 0.29) is 43.6 Å². The van der Waals surface area contributed by atoms with Crippen LogP contribution in [-0.4, -0.2) is 65.7 Å². The first kappa shape index (κ1) is 31.1. The van der Waals surface area contributed by atoms with Crippen molar-refractivity contribution in [3.05, 3.63) is 99.0 Å². The van der Waals surface area contributed by atoms with Gasteiger partial charge >= 0.3 is 12.1 Å². The number of carbonyl (C=O) groups excluding carboxylic acids is 4. The number of aromatic nitrogens is 1. The van der Waals surface area contributed by atoms with E-state index in [4.69, 9.17) is 23.7 Å². The smallest absolute Gasteiger partial charge is 0.458 e. The van der Waals surface area contributed by atoms with Gasteiger partial charge < -0.3 is 38.5 Å². The molecule has 0 aliphatic carbocycles. The van der Waals surface area contributed by atoms with Gasteiger partial charge in [-0.1, -0.05) is 36.4 Å². The van der Waals surface area contributed by atoms with Crippen molar-refractivity contribution in [2.45, 2.75) is 38.9 Å². The van der Waals surface area contributed by atoms with E-state index in [1.165, 1.54) is 9.47 Å². The van der Waals surface area contributed by atoms with Crippen molar-refractivity contribution in [2.24, 2.45) is 0 Å². The molecule has 236 valence electrons. The monoisotopic (exact) mass is 627 g/mol. The van der Waals surface area contributed by atoms with Crippen molar-refractivity contribution in [3.63, 3.8) is 0 Å². The lowest BCUT2D eigenvalue weighted by atomic mass is 10.1. The molecule has 3 aromatic rings. The van der Waals surface area contributed by atoms with Crippen molar-refractivity contribution >= 4 is 23.9 Å². The number of amides is 2. The topological polar surface area (TPSA) is 152 Å². The third-order valence-corrected chi connectivity index (χ3v) is 6.97. The van der Waals surface area contributed by atoms with Gasteiger partial charge in [0.2, 0.25) is 18.0 Å². The van der Waals surface area contributed by atoms with Crippen LogP contribution in [0, 0.1) is 11.6 Å². The summed E-state index contributed by atoms with van der Waals surface area (Å²) in [5, 5.41) is 2.39. The van der Waals surface area contributed by atoms with Crippen LogP contribution in [0.15, 0.2) is 59.5 Å². The predicted octanol–water partition coefficient (Wildman–Crippen LogP) is 2.49. The Morgan fingerprint density at radius 3 is 2.58 bits per heavy atom. The van der Waals surface area contributed by atoms with Crippen LogP contribution in [-0.2, 0) is 43.4 Å². The van der Waals surface area contributed by atoms with Gasteiger partial charge in [0.15, 0.2) is 18.5 Å². The zero-order valence-corrected chi connectivity index (χ0v) is 23.8. The molecule has 1 aromatic heterocycles. The van der Waals surface area contributed by atoms with Crippen molar-refractivity contribution in [3.8, 4) is 5.75 Å². The summed E-state index contributed by atoms with van der Waals surface area (Å²) in [5.41, 5.74) is -0.997. The Hall–Kier alpha value is -5.31. The second kappa shape index (κ2) is 13.5. The third-order valence-electron chi connectivity index (χ3n) is 6.97. The highest BCUT2D eigenvalue weighted by atomic mass is 19.1. The van der Waals surface area contributed by atoms with Crippen LogP contribution in [0.25, 0.3) is 0 Å². The van der Waals surface area contributed by atoms with E-state index in [0.29, 0.717) is 6.07 Å². The largest absolute Gasteiger partial charge is 0.511 e. The van der Waals surface area contributed by atoms with E-state index < -0.39 is 71.9 Å². The summed E-state index contributed by atoms with van der Waals surface area (Å²) in [6, 6.07) is 11.3. The molecule has 2 aliphatic heterocycles. The van der Waals surface area contributed by atoms with E-state index in [1.54, 1.807) is 37.3 Å². The highest BCUT2D eigenvalue weighted by molar-refractivity contribution is 5.99. The molecule has 0 saturated carbocycles. The molecule has 15 heteroatoms. The Kier molecular flexibility index (Phi) is 9.37. The van der Waals surface area contributed by atoms with Crippen molar-refractivity contribution in [2.75, 3.05) is 20.0 Å². The number of rotatable bonds is 10. The van der Waals surface area contributed by atoms with E-state index in [9.17, 15) is 32.8 Å². The molecule has 3 heterocycles. The Bertz CT molecular complexity index is 1680. The Labute approximate surface area is 254 Å². The first-order chi connectivity index (χ1) is 21.6. The summed E-state index contributed by atoms with van der Waals surface area (Å²) in [6.45, 7) is -0.0503. The van der Waals surface area contributed by atoms with E-state index >= 15 is 0 Å². The van der Waals surface area contributed by atoms with Crippen LogP contribution < -0.4 is 15.5 Å². The Morgan fingerprint density at radius 1 is 1.04 bits per heavy atom. The summed E-state index contributed by atoms with van der Waals surface area (Å²) < 4.78 is 54.2. The van der Waals surface area contributed by atoms with Gasteiger partial charge in [0, 0.05) is 24.4 Å². The van der Waals surface area contributed by atoms with Crippen LogP contribution in [0.1, 0.15) is 38.9 Å². The number of hydrogen-bond acceptors (Lipinski definition) is 10. The molecule has 13 nitrogen and oxygen atoms in total. The number of halogens is 2. The molecule has 45 heavy (non-hydrogen) atoms. The maximum Gasteiger partial charge on any atom is 0.511 e. The zero-order chi connectivity index (χ0) is 32.1. The SMILES string of the molecule is C[C@H]1CO[C@@H]2Cn3cc(C(=O)NCc4ccc(F)cc4F)c(=O)c(OCOC(=O)OCC(=O)OCc4ccccc4)c3C(=O)N12. The summed E-state index contributed by atoms with van der Waals surface area (Å²) in [7, 11) is 0. The van der Waals surface area contributed by atoms with Crippen LogP contribution in [0.2, 0.25) is 0 Å². The zero-order valence-electron chi connectivity index (χ0n) is 23.8. The molecule has 1 N–H and O–H groups in total. The van der Waals surface area contributed by atoms with E-state index in [2.05, 4.69) is 5.32 Å². The minimum atomic E-state index is -1.33. The number of nitrogens with one attached hydrogen (secondary N) is 1. The fraction of sp³-hybridized carbons (Fsp3) is 0.300. The van der Waals surface area contributed by atoms with E-state index in [1.807, 2.05) is 0 Å². The number of pyridine rings is 1. The molecule has 2 amide bonds. The maximum atomic E-state index is 14.1. The molecule has 0 bridgehead atoms. The highest BCUT2D eigenvalue weighted by Gasteiger charge is 2.43. The number of ether oxygens (including phenoxy) is 5. The molecule has 1 saturated heterocycles. The quantitative estimate of drug-likeness (QED) is 0.262. The molecular formula is C30H27F2N3O10. The van der Waals surface area contributed by atoms with Gasteiger partial charge in [0.1, 0.15) is 23.8 Å². The second-order valence-corrected chi connectivity index (χ2v) is 10.1. The van der Waals surface area contributed by atoms with Gasteiger partial charge in [-0.25, -0.2) is 18.4 Å². The normalized spacial score (nSPS) is 16.8. The van der Waals surface area contributed by atoms with Crippen molar-refractivity contribution in [1.29, 1.82) is 0 Å². The molecule has 2 aromatic carbocycles. The molecular weight excluding hydrogens is 600 g/mol. The summed E-state index contributed by atoms with van der Waals surface area (Å²) in [6.07, 6.45) is -0.852. The molecule has 0 unspecified atom stereocenters. The lowest BCUT2D eigenvalue weighted by Crippen LogP contribution is -2.49.